The Morgan fingerprint density at radius 2 is 1.79 bits per heavy atom. The maximum atomic E-state index is 13.1. The third-order valence-corrected chi connectivity index (χ3v) is 7.04. The molecule has 2 aromatic carbocycles. The van der Waals surface area contributed by atoms with Crippen molar-refractivity contribution in [3.63, 3.8) is 0 Å². The van der Waals surface area contributed by atoms with Crippen LogP contribution in [0.15, 0.2) is 53.4 Å². The Bertz CT molecular complexity index is 912. The summed E-state index contributed by atoms with van der Waals surface area (Å²) in [7, 11) is -3.56. The lowest BCUT2D eigenvalue weighted by Crippen LogP contribution is -2.45. The van der Waals surface area contributed by atoms with E-state index < -0.39 is 15.8 Å². The van der Waals surface area contributed by atoms with Gasteiger partial charge in [0.05, 0.1) is 4.90 Å². The Kier molecular flexibility index (Phi) is 6.46. The van der Waals surface area contributed by atoms with Crippen LogP contribution in [0.5, 0.6) is 0 Å². The number of aryl methyl sites for hydroxylation is 1. The number of halogens is 1. The first kappa shape index (κ1) is 20.5. The second kappa shape index (κ2) is 8.84. The van der Waals surface area contributed by atoms with Gasteiger partial charge in [-0.1, -0.05) is 24.1 Å². The number of rotatable bonds is 6. The Labute approximate surface area is 165 Å². The maximum absolute atomic E-state index is 13.1. The molecule has 3 rings (SSSR count). The van der Waals surface area contributed by atoms with Crippen molar-refractivity contribution in [3.8, 4) is 0 Å². The highest BCUT2D eigenvalue weighted by Crippen LogP contribution is 2.27. The van der Waals surface area contributed by atoms with Crippen LogP contribution in [0.4, 0.5) is 4.39 Å². The van der Waals surface area contributed by atoms with Crippen molar-refractivity contribution < 1.29 is 17.6 Å². The molecule has 2 aromatic rings. The molecule has 28 heavy (non-hydrogen) atoms. The molecule has 7 heteroatoms. The number of hydrogen-bond donors (Lipinski definition) is 1. The second-order valence-electron chi connectivity index (χ2n) is 7.13. The van der Waals surface area contributed by atoms with Crippen LogP contribution >= 0.6 is 0 Å². The van der Waals surface area contributed by atoms with Gasteiger partial charge in [-0.15, -0.1) is 0 Å². The fourth-order valence-corrected chi connectivity index (χ4v) is 5.20. The quantitative estimate of drug-likeness (QED) is 0.801. The average molecular weight is 405 g/mol. The van der Waals surface area contributed by atoms with E-state index >= 15 is 0 Å². The summed E-state index contributed by atoms with van der Waals surface area (Å²) in [6.45, 7) is 2.78. The number of carbonyl (C=O) groups excluding carboxylic acids is 1. The van der Waals surface area contributed by atoms with Crippen molar-refractivity contribution in [2.24, 2.45) is 0 Å². The van der Waals surface area contributed by atoms with E-state index in [1.165, 1.54) is 24.3 Å². The van der Waals surface area contributed by atoms with Crippen LogP contribution in [-0.4, -0.2) is 37.8 Å². The molecule has 1 fully saturated rings. The Balaban J connectivity index is 1.64. The second-order valence-corrected chi connectivity index (χ2v) is 9.02. The van der Waals surface area contributed by atoms with E-state index in [2.05, 4.69) is 5.32 Å². The third kappa shape index (κ3) is 4.77. The predicted octanol–water partition coefficient (Wildman–Crippen LogP) is 3.50. The van der Waals surface area contributed by atoms with Crippen molar-refractivity contribution in [1.82, 2.24) is 9.62 Å². The zero-order chi connectivity index (χ0) is 20.1. The SMILES string of the molecule is Cc1ccc(S(=O)(=O)N2CCCCC2CCNC(=O)c2ccc(F)cc2)cc1. The fraction of sp³-hybridized carbons (Fsp3) is 0.381. The molecule has 0 bridgehead atoms. The van der Waals surface area contributed by atoms with Gasteiger partial charge in [-0.2, -0.15) is 4.31 Å². The van der Waals surface area contributed by atoms with Gasteiger partial charge in [-0.3, -0.25) is 4.79 Å². The van der Waals surface area contributed by atoms with Crippen molar-refractivity contribution >= 4 is 15.9 Å². The summed E-state index contributed by atoms with van der Waals surface area (Å²) in [5.41, 5.74) is 1.40. The molecule has 5 nitrogen and oxygen atoms in total. The lowest BCUT2D eigenvalue weighted by molar-refractivity contribution is 0.0949. The Morgan fingerprint density at radius 1 is 1.11 bits per heavy atom. The summed E-state index contributed by atoms with van der Waals surface area (Å²) in [6.07, 6.45) is 3.12. The van der Waals surface area contributed by atoms with Gasteiger partial charge < -0.3 is 5.32 Å². The number of carbonyl (C=O) groups is 1. The van der Waals surface area contributed by atoms with E-state index in [1.807, 2.05) is 6.92 Å². The van der Waals surface area contributed by atoms with Crippen LogP contribution in [-0.2, 0) is 10.0 Å². The van der Waals surface area contributed by atoms with Crippen molar-refractivity contribution in [1.29, 1.82) is 0 Å². The molecule has 150 valence electrons. The van der Waals surface area contributed by atoms with Crippen LogP contribution in [0, 0.1) is 12.7 Å². The van der Waals surface area contributed by atoms with Crippen LogP contribution < -0.4 is 5.32 Å². The molecule has 1 aliphatic rings. The van der Waals surface area contributed by atoms with Crippen molar-refractivity contribution in [2.75, 3.05) is 13.1 Å². The number of sulfonamides is 1. The van der Waals surface area contributed by atoms with Gasteiger partial charge in [-0.05, 0) is 62.6 Å². The molecule has 0 saturated carbocycles. The highest BCUT2D eigenvalue weighted by atomic mass is 32.2. The van der Waals surface area contributed by atoms with Gasteiger partial charge in [0, 0.05) is 24.7 Å². The number of benzene rings is 2. The van der Waals surface area contributed by atoms with E-state index in [-0.39, 0.29) is 11.9 Å². The Morgan fingerprint density at radius 3 is 2.46 bits per heavy atom. The van der Waals surface area contributed by atoms with Crippen LogP contribution in [0.2, 0.25) is 0 Å². The number of amides is 1. The van der Waals surface area contributed by atoms with Crippen LogP contribution in [0.25, 0.3) is 0 Å². The van der Waals surface area contributed by atoms with E-state index in [0.717, 1.165) is 24.8 Å². The topological polar surface area (TPSA) is 66.5 Å². The van der Waals surface area contributed by atoms with Gasteiger partial charge in [-0.25, -0.2) is 12.8 Å². The molecule has 1 amide bonds. The van der Waals surface area contributed by atoms with Gasteiger partial charge in [0.25, 0.3) is 5.91 Å². The summed E-state index contributed by atoms with van der Waals surface area (Å²) in [4.78, 5) is 12.5. The van der Waals surface area contributed by atoms with E-state index in [1.54, 1.807) is 28.6 Å². The van der Waals surface area contributed by atoms with Gasteiger partial charge >= 0.3 is 0 Å². The minimum atomic E-state index is -3.56. The first-order valence-electron chi connectivity index (χ1n) is 9.50. The number of hydrogen-bond acceptors (Lipinski definition) is 3. The van der Waals surface area contributed by atoms with E-state index in [9.17, 15) is 17.6 Å². The lowest BCUT2D eigenvalue weighted by atomic mass is 10.0. The van der Waals surface area contributed by atoms with E-state index in [0.29, 0.717) is 30.0 Å². The molecule has 1 atom stereocenters. The monoisotopic (exact) mass is 404 g/mol. The van der Waals surface area contributed by atoms with Crippen LogP contribution in [0.3, 0.4) is 0 Å². The third-order valence-electron chi connectivity index (χ3n) is 5.07. The fourth-order valence-electron chi connectivity index (χ4n) is 3.48. The molecule has 1 N–H and O–H groups in total. The Hall–Kier alpha value is -2.25. The highest BCUT2D eigenvalue weighted by Gasteiger charge is 2.33. The number of nitrogens with one attached hydrogen (secondary N) is 1. The van der Waals surface area contributed by atoms with Crippen LogP contribution in [0.1, 0.15) is 41.6 Å². The zero-order valence-corrected chi connectivity index (χ0v) is 16.7. The number of piperidine rings is 1. The average Bonchev–Trinajstić information content (AvgIpc) is 2.69. The smallest absolute Gasteiger partial charge is 0.251 e. The molecule has 0 aromatic heterocycles. The standard InChI is InChI=1S/C21H25FN2O3S/c1-16-5-11-20(12-6-16)28(26,27)24-15-3-2-4-19(24)13-14-23-21(25)17-7-9-18(22)10-8-17/h5-12,19H,2-4,13-15H2,1H3,(H,23,25). The summed E-state index contributed by atoms with van der Waals surface area (Å²) >= 11 is 0. The summed E-state index contributed by atoms with van der Waals surface area (Å²) in [5, 5.41) is 2.80. The largest absolute Gasteiger partial charge is 0.352 e. The molecular weight excluding hydrogens is 379 g/mol. The zero-order valence-electron chi connectivity index (χ0n) is 15.9. The molecule has 0 spiro atoms. The normalized spacial score (nSPS) is 18.0. The van der Waals surface area contributed by atoms with Crippen molar-refractivity contribution in [3.05, 3.63) is 65.5 Å². The van der Waals surface area contributed by atoms with Gasteiger partial charge in [0.15, 0.2) is 0 Å². The molecule has 1 saturated heterocycles. The molecule has 0 aliphatic carbocycles. The summed E-state index contributed by atoms with van der Waals surface area (Å²) < 4.78 is 40.7. The molecular formula is C21H25FN2O3S. The molecule has 1 heterocycles. The maximum Gasteiger partial charge on any atom is 0.251 e. The summed E-state index contributed by atoms with van der Waals surface area (Å²) in [5.74, 6) is -0.681. The van der Waals surface area contributed by atoms with E-state index in [4.69, 9.17) is 0 Å². The predicted molar refractivity (Wildman–Crippen MR) is 106 cm³/mol. The lowest BCUT2D eigenvalue weighted by Gasteiger charge is -2.34. The highest BCUT2D eigenvalue weighted by molar-refractivity contribution is 7.89. The number of nitrogens with zero attached hydrogens (tertiary/aromatic N) is 1. The molecule has 0 radical (unpaired) electrons. The first-order valence-corrected chi connectivity index (χ1v) is 10.9. The minimum absolute atomic E-state index is 0.145. The summed E-state index contributed by atoms with van der Waals surface area (Å²) in [6, 6.07) is 12.1. The van der Waals surface area contributed by atoms with Crippen molar-refractivity contribution in [2.45, 2.75) is 43.5 Å². The molecule has 1 unspecified atom stereocenters. The molecule has 1 aliphatic heterocycles. The van der Waals surface area contributed by atoms with Gasteiger partial charge in [0.1, 0.15) is 5.82 Å². The van der Waals surface area contributed by atoms with Gasteiger partial charge in [0.2, 0.25) is 10.0 Å². The minimum Gasteiger partial charge on any atom is -0.352 e. The first-order chi connectivity index (χ1) is 13.4.